The van der Waals surface area contributed by atoms with Crippen molar-refractivity contribution < 1.29 is 17.9 Å². The Balaban J connectivity index is 1.43. The van der Waals surface area contributed by atoms with E-state index >= 15 is 0 Å². The van der Waals surface area contributed by atoms with Crippen LogP contribution in [-0.4, -0.2) is 36.7 Å². The molecule has 2 aromatic heterocycles. The van der Waals surface area contributed by atoms with Crippen LogP contribution in [0.15, 0.2) is 54.2 Å². The Hall–Kier alpha value is -2.82. The molecule has 8 nitrogen and oxygen atoms in total. The lowest BCUT2D eigenvalue weighted by molar-refractivity contribution is -0.126. The van der Waals surface area contributed by atoms with Crippen molar-refractivity contribution in [3.63, 3.8) is 0 Å². The SMILES string of the molecule is COC(C(=O)Nc1ccc(-c2cccnc2)cc1)c1csc(NS(=O)(=O)C2CC2)n1. The second-order valence-electron chi connectivity index (χ2n) is 6.85. The van der Waals surface area contributed by atoms with Crippen molar-refractivity contribution in [2.75, 3.05) is 17.1 Å². The van der Waals surface area contributed by atoms with Crippen LogP contribution < -0.4 is 10.0 Å². The molecule has 0 bridgehead atoms. The Morgan fingerprint density at radius 3 is 2.60 bits per heavy atom. The number of thiazole rings is 1. The number of benzene rings is 1. The molecule has 0 aliphatic heterocycles. The third-order valence-electron chi connectivity index (χ3n) is 4.60. The zero-order valence-corrected chi connectivity index (χ0v) is 17.7. The number of nitrogens with zero attached hydrogens (tertiary/aromatic N) is 2. The standard InChI is InChI=1S/C20H20N4O4S2/c1-28-18(17-12-29-20(23-17)24-30(26,27)16-8-9-16)19(25)22-15-6-4-13(5-7-15)14-3-2-10-21-11-14/h2-7,10-12,16,18H,8-9H2,1H3,(H,22,25)(H,23,24). The van der Waals surface area contributed by atoms with Crippen molar-refractivity contribution in [2.45, 2.75) is 24.2 Å². The first kappa shape index (κ1) is 20.5. The van der Waals surface area contributed by atoms with Gasteiger partial charge in [-0.25, -0.2) is 13.4 Å². The van der Waals surface area contributed by atoms with Gasteiger partial charge in [-0.05, 0) is 42.2 Å². The van der Waals surface area contributed by atoms with Gasteiger partial charge < -0.3 is 10.1 Å². The number of anilines is 2. The number of rotatable bonds is 8. The highest BCUT2D eigenvalue weighted by molar-refractivity contribution is 7.93. The summed E-state index contributed by atoms with van der Waals surface area (Å²) in [5.41, 5.74) is 2.92. The summed E-state index contributed by atoms with van der Waals surface area (Å²) >= 11 is 1.12. The molecule has 156 valence electrons. The Kier molecular flexibility index (Phi) is 5.80. The maximum absolute atomic E-state index is 12.7. The Labute approximate surface area is 178 Å². The van der Waals surface area contributed by atoms with Gasteiger partial charge in [0.15, 0.2) is 11.2 Å². The first-order chi connectivity index (χ1) is 14.5. The van der Waals surface area contributed by atoms with Crippen molar-refractivity contribution in [1.29, 1.82) is 0 Å². The van der Waals surface area contributed by atoms with Crippen LogP contribution in [0.1, 0.15) is 24.6 Å². The molecule has 1 aromatic carbocycles. The molecule has 1 amide bonds. The smallest absolute Gasteiger partial charge is 0.259 e. The van der Waals surface area contributed by atoms with E-state index in [0.717, 1.165) is 22.5 Å². The third-order valence-corrected chi connectivity index (χ3v) is 7.34. The monoisotopic (exact) mass is 444 g/mol. The topological polar surface area (TPSA) is 110 Å². The summed E-state index contributed by atoms with van der Waals surface area (Å²) < 4.78 is 31.9. The molecule has 2 N–H and O–H groups in total. The van der Waals surface area contributed by atoms with E-state index in [1.807, 2.05) is 24.3 Å². The van der Waals surface area contributed by atoms with E-state index in [-0.39, 0.29) is 10.4 Å². The molecule has 30 heavy (non-hydrogen) atoms. The summed E-state index contributed by atoms with van der Waals surface area (Å²) in [6, 6.07) is 11.2. The van der Waals surface area contributed by atoms with Gasteiger partial charge in [0.25, 0.3) is 5.91 Å². The molecule has 1 fully saturated rings. The van der Waals surface area contributed by atoms with E-state index in [4.69, 9.17) is 4.74 Å². The normalized spacial score (nSPS) is 14.8. The fourth-order valence-electron chi connectivity index (χ4n) is 2.89. The van der Waals surface area contributed by atoms with Crippen molar-refractivity contribution in [1.82, 2.24) is 9.97 Å². The first-order valence-electron chi connectivity index (χ1n) is 9.27. The van der Waals surface area contributed by atoms with Gasteiger partial charge >= 0.3 is 0 Å². The predicted molar refractivity (Wildman–Crippen MR) is 116 cm³/mol. The average Bonchev–Trinajstić information content (AvgIpc) is 3.52. The fourth-order valence-corrected chi connectivity index (χ4v) is 5.21. The summed E-state index contributed by atoms with van der Waals surface area (Å²) in [7, 11) is -2.00. The number of hydrogen-bond donors (Lipinski definition) is 2. The fraction of sp³-hybridized carbons (Fsp3) is 0.250. The van der Waals surface area contributed by atoms with Crippen LogP contribution in [0.5, 0.6) is 0 Å². The second-order valence-corrected chi connectivity index (χ2v) is 9.67. The van der Waals surface area contributed by atoms with Crippen LogP contribution in [0.4, 0.5) is 10.8 Å². The lowest BCUT2D eigenvalue weighted by atomic mass is 10.1. The Morgan fingerprint density at radius 1 is 1.20 bits per heavy atom. The van der Waals surface area contributed by atoms with E-state index < -0.39 is 22.0 Å². The molecule has 10 heteroatoms. The molecular formula is C20H20N4O4S2. The molecule has 0 radical (unpaired) electrons. The van der Waals surface area contributed by atoms with Crippen molar-refractivity contribution >= 4 is 38.1 Å². The van der Waals surface area contributed by atoms with Gasteiger partial charge in [-0.15, -0.1) is 11.3 Å². The third kappa shape index (κ3) is 4.66. The number of aromatic nitrogens is 2. The minimum Gasteiger partial charge on any atom is -0.365 e. The maximum atomic E-state index is 12.7. The quantitative estimate of drug-likeness (QED) is 0.551. The average molecular weight is 445 g/mol. The number of hydrogen-bond acceptors (Lipinski definition) is 7. The lowest BCUT2D eigenvalue weighted by Gasteiger charge is -2.13. The molecule has 1 unspecified atom stereocenters. The van der Waals surface area contributed by atoms with Crippen LogP contribution in [0.3, 0.4) is 0 Å². The zero-order valence-electron chi connectivity index (χ0n) is 16.1. The van der Waals surface area contributed by atoms with Gasteiger partial charge in [0, 0.05) is 30.6 Å². The number of carbonyl (C=O) groups excluding carboxylic acids is 1. The summed E-state index contributed by atoms with van der Waals surface area (Å²) in [4.78, 5) is 21.0. The Morgan fingerprint density at radius 2 is 1.97 bits per heavy atom. The maximum Gasteiger partial charge on any atom is 0.259 e. The van der Waals surface area contributed by atoms with Gasteiger partial charge in [-0.1, -0.05) is 18.2 Å². The largest absolute Gasteiger partial charge is 0.365 e. The van der Waals surface area contributed by atoms with E-state index in [9.17, 15) is 13.2 Å². The number of carbonyl (C=O) groups is 1. The summed E-state index contributed by atoms with van der Waals surface area (Å²) in [6.07, 6.45) is 3.85. The molecule has 0 saturated heterocycles. The minimum absolute atomic E-state index is 0.229. The van der Waals surface area contributed by atoms with E-state index in [0.29, 0.717) is 24.2 Å². The van der Waals surface area contributed by atoms with Gasteiger partial charge in [-0.2, -0.15) is 0 Å². The van der Waals surface area contributed by atoms with Crippen molar-refractivity contribution in [3.8, 4) is 11.1 Å². The van der Waals surface area contributed by atoms with Gasteiger partial charge in [0.05, 0.1) is 10.9 Å². The van der Waals surface area contributed by atoms with E-state index in [1.165, 1.54) is 7.11 Å². The second kappa shape index (κ2) is 8.50. The number of sulfonamides is 1. The van der Waals surface area contributed by atoms with Crippen LogP contribution in [-0.2, 0) is 19.6 Å². The highest BCUT2D eigenvalue weighted by Crippen LogP contribution is 2.31. The van der Waals surface area contributed by atoms with Gasteiger partial charge in [0.1, 0.15) is 0 Å². The van der Waals surface area contributed by atoms with Crippen LogP contribution in [0, 0.1) is 0 Å². The molecule has 3 aromatic rings. The van der Waals surface area contributed by atoms with Crippen LogP contribution >= 0.6 is 11.3 Å². The number of methoxy groups -OCH3 is 1. The predicted octanol–water partition coefficient (Wildman–Crippen LogP) is 3.44. The molecule has 1 saturated carbocycles. The number of amides is 1. The summed E-state index contributed by atoms with van der Waals surface area (Å²) in [5.74, 6) is -0.395. The molecule has 1 aliphatic rings. The zero-order chi connectivity index (χ0) is 21.1. The Bertz CT molecular complexity index is 1130. The van der Waals surface area contributed by atoms with E-state index in [2.05, 4.69) is 20.0 Å². The first-order valence-corrected chi connectivity index (χ1v) is 11.7. The molecule has 1 atom stereocenters. The van der Waals surface area contributed by atoms with Gasteiger partial charge in [0.2, 0.25) is 10.0 Å². The minimum atomic E-state index is -3.40. The van der Waals surface area contributed by atoms with Gasteiger partial charge in [-0.3, -0.25) is 14.5 Å². The molecule has 0 spiro atoms. The highest BCUT2D eigenvalue weighted by atomic mass is 32.2. The van der Waals surface area contributed by atoms with E-state index in [1.54, 1.807) is 29.9 Å². The molecular weight excluding hydrogens is 424 g/mol. The molecule has 1 aliphatic carbocycles. The molecule has 2 heterocycles. The molecule has 4 rings (SSSR count). The van der Waals surface area contributed by atoms with Crippen LogP contribution in [0.2, 0.25) is 0 Å². The summed E-state index contributed by atoms with van der Waals surface area (Å²) in [6.45, 7) is 0. The lowest BCUT2D eigenvalue weighted by Crippen LogP contribution is -2.23. The van der Waals surface area contributed by atoms with Crippen molar-refractivity contribution in [3.05, 3.63) is 59.9 Å². The number of nitrogens with one attached hydrogen (secondary N) is 2. The highest BCUT2D eigenvalue weighted by Gasteiger charge is 2.36. The summed E-state index contributed by atoms with van der Waals surface area (Å²) in [5, 5.41) is 4.30. The van der Waals surface area contributed by atoms with Crippen LogP contribution in [0.25, 0.3) is 11.1 Å². The number of pyridine rings is 1. The number of ether oxygens (including phenoxy) is 1. The van der Waals surface area contributed by atoms with Crippen molar-refractivity contribution in [2.24, 2.45) is 0 Å².